The van der Waals surface area contributed by atoms with Crippen LogP contribution in [0.3, 0.4) is 0 Å². The van der Waals surface area contributed by atoms with Gasteiger partial charge in [0.2, 0.25) is 11.9 Å². The summed E-state index contributed by atoms with van der Waals surface area (Å²) < 4.78 is 1.64. The second-order valence-corrected chi connectivity index (χ2v) is 6.18. The lowest BCUT2D eigenvalue weighted by Gasteiger charge is -2.32. The first-order valence-electron chi connectivity index (χ1n) is 8.58. The van der Waals surface area contributed by atoms with Crippen molar-refractivity contribution in [2.45, 2.75) is 12.8 Å². The van der Waals surface area contributed by atoms with Crippen LogP contribution in [0.15, 0.2) is 55.4 Å². The molecule has 3 heterocycles. The Balaban J connectivity index is 1.49. The van der Waals surface area contributed by atoms with Crippen molar-refractivity contribution in [3.05, 3.63) is 55.4 Å². The fourth-order valence-corrected chi connectivity index (χ4v) is 3.17. The number of benzene rings is 1. The molecule has 3 aromatic rings. The van der Waals surface area contributed by atoms with E-state index in [1.165, 1.54) is 6.33 Å². The molecule has 1 amide bonds. The molecule has 132 valence electrons. The van der Waals surface area contributed by atoms with Crippen molar-refractivity contribution in [3.8, 4) is 5.69 Å². The minimum absolute atomic E-state index is 0.00167. The third-order valence-corrected chi connectivity index (χ3v) is 4.45. The van der Waals surface area contributed by atoms with Gasteiger partial charge in [-0.3, -0.25) is 4.79 Å². The number of hydrogen-bond donors (Lipinski definition) is 1. The lowest BCUT2D eigenvalue weighted by molar-refractivity contribution is -0.120. The summed E-state index contributed by atoms with van der Waals surface area (Å²) in [4.78, 5) is 27.5. The molecule has 1 N–H and O–H groups in total. The van der Waals surface area contributed by atoms with Crippen molar-refractivity contribution in [1.29, 1.82) is 0 Å². The molecule has 1 aliphatic rings. The number of aromatic nitrogens is 5. The summed E-state index contributed by atoms with van der Waals surface area (Å²) in [7, 11) is 0. The second kappa shape index (κ2) is 7.30. The molecule has 1 aliphatic heterocycles. The number of hydrogen-bond acceptors (Lipinski definition) is 6. The molecule has 0 radical (unpaired) electrons. The van der Waals surface area contributed by atoms with E-state index in [4.69, 9.17) is 0 Å². The van der Waals surface area contributed by atoms with Crippen molar-refractivity contribution < 1.29 is 4.79 Å². The predicted octanol–water partition coefficient (Wildman–Crippen LogP) is 1.91. The van der Waals surface area contributed by atoms with Gasteiger partial charge in [-0.1, -0.05) is 12.1 Å². The van der Waals surface area contributed by atoms with E-state index in [1.54, 1.807) is 29.5 Å². The average molecular weight is 349 g/mol. The van der Waals surface area contributed by atoms with Crippen LogP contribution in [0.25, 0.3) is 5.69 Å². The first-order valence-corrected chi connectivity index (χ1v) is 8.58. The van der Waals surface area contributed by atoms with Gasteiger partial charge in [0.25, 0.3) is 0 Å². The molecule has 1 fully saturated rings. The zero-order valence-corrected chi connectivity index (χ0v) is 14.2. The summed E-state index contributed by atoms with van der Waals surface area (Å²) in [6.45, 7) is 1.48. The maximum Gasteiger partial charge on any atom is 0.229 e. The lowest BCUT2D eigenvalue weighted by Crippen LogP contribution is -2.41. The molecule has 1 atom stereocenters. The maximum absolute atomic E-state index is 12.8. The van der Waals surface area contributed by atoms with Gasteiger partial charge < -0.3 is 10.2 Å². The Morgan fingerprint density at radius 2 is 2.00 bits per heavy atom. The Morgan fingerprint density at radius 3 is 2.81 bits per heavy atom. The molecule has 8 heteroatoms. The van der Waals surface area contributed by atoms with E-state index in [1.807, 2.05) is 24.3 Å². The molecule has 1 aromatic carbocycles. The number of carbonyl (C=O) groups is 1. The molecule has 1 saturated heterocycles. The largest absolute Gasteiger partial charge is 0.340 e. The van der Waals surface area contributed by atoms with E-state index in [0.29, 0.717) is 12.5 Å². The summed E-state index contributed by atoms with van der Waals surface area (Å²) in [6.07, 6.45) is 8.31. The molecule has 26 heavy (non-hydrogen) atoms. The van der Waals surface area contributed by atoms with Crippen LogP contribution in [0.5, 0.6) is 0 Å². The summed E-state index contributed by atoms with van der Waals surface area (Å²) >= 11 is 0. The second-order valence-electron chi connectivity index (χ2n) is 6.18. The number of carbonyl (C=O) groups excluding carboxylic acids is 1. The summed E-state index contributed by atoms with van der Waals surface area (Å²) in [5, 5.41) is 7.19. The summed E-state index contributed by atoms with van der Waals surface area (Å²) in [6, 6.07) is 9.35. The molecule has 2 aromatic heterocycles. The smallest absolute Gasteiger partial charge is 0.229 e. The minimum Gasteiger partial charge on any atom is -0.340 e. The van der Waals surface area contributed by atoms with E-state index in [9.17, 15) is 4.79 Å². The molecule has 0 bridgehead atoms. The van der Waals surface area contributed by atoms with Crippen LogP contribution < -0.4 is 10.2 Å². The third-order valence-electron chi connectivity index (χ3n) is 4.45. The Hall–Kier alpha value is -3.29. The SMILES string of the molecule is O=C(Nc1ccccc1-n1cncn1)C1CCCN(c2ncccn2)C1. The number of rotatable bonds is 4. The Bertz CT molecular complexity index is 866. The van der Waals surface area contributed by atoms with Gasteiger partial charge in [-0.05, 0) is 31.0 Å². The van der Waals surface area contributed by atoms with Crippen molar-refractivity contribution >= 4 is 17.5 Å². The summed E-state index contributed by atoms with van der Waals surface area (Å²) in [5.74, 6) is 0.558. The van der Waals surface area contributed by atoms with Crippen LogP contribution in [0.1, 0.15) is 12.8 Å². The van der Waals surface area contributed by atoms with Gasteiger partial charge in [-0.15, -0.1) is 0 Å². The highest BCUT2D eigenvalue weighted by Gasteiger charge is 2.27. The quantitative estimate of drug-likeness (QED) is 0.774. The Labute approximate surface area is 150 Å². The number of para-hydroxylation sites is 2. The highest BCUT2D eigenvalue weighted by molar-refractivity contribution is 5.94. The molecule has 4 rings (SSSR count). The average Bonchev–Trinajstić information content (AvgIpc) is 3.24. The lowest BCUT2D eigenvalue weighted by atomic mass is 9.97. The highest BCUT2D eigenvalue weighted by Crippen LogP contribution is 2.24. The molecular weight excluding hydrogens is 330 g/mol. The summed E-state index contributed by atoms with van der Waals surface area (Å²) in [5.41, 5.74) is 1.51. The Morgan fingerprint density at radius 1 is 1.15 bits per heavy atom. The Kier molecular flexibility index (Phi) is 4.55. The van der Waals surface area contributed by atoms with E-state index in [0.717, 1.165) is 30.8 Å². The van der Waals surface area contributed by atoms with Gasteiger partial charge in [0.15, 0.2) is 0 Å². The van der Waals surface area contributed by atoms with Gasteiger partial charge in [0, 0.05) is 25.5 Å². The zero-order chi connectivity index (χ0) is 17.8. The van der Waals surface area contributed by atoms with Crippen molar-refractivity contribution in [2.75, 3.05) is 23.3 Å². The van der Waals surface area contributed by atoms with E-state index in [-0.39, 0.29) is 11.8 Å². The number of anilines is 2. The fourth-order valence-electron chi connectivity index (χ4n) is 3.17. The molecule has 0 saturated carbocycles. The van der Waals surface area contributed by atoms with E-state index in [2.05, 4.69) is 30.3 Å². The highest BCUT2D eigenvalue weighted by atomic mass is 16.1. The van der Waals surface area contributed by atoms with Crippen LogP contribution in [0.4, 0.5) is 11.6 Å². The molecule has 0 spiro atoms. The van der Waals surface area contributed by atoms with Gasteiger partial charge in [-0.2, -0.15) is 5.10 Å². The van der Waals surface area contributed by atoms with Crippen molar-refractivity contribution in [2.24, 2.45) is 5.92 Å². The number of nitrogens with zero attached hydrogens (tertiary/aromatic N) is 6. The van der Waals surface area contributed by atoms with E-state index >= 15 is 0 Å². The molecule has 1 unspecified atom stereocenters. The monoisotopic (exact) mass is 349 g/mol. The third kappa shape index (κ3) is 3.39. The zero-order valence-electron chi connectivity index (χ0n) is 14.2. The van der Waals surface area contributed by atoms with Crippen LogP contribution in [0, 0.1) is 5.92 Å². The van der Waals surface area contributed by atoms with Crippen LogP contribution in [-0.4, -0.2) is 43.7 Å². The normalized spacial score (nSPS) is 17.1. The van der Waals surface area contributed by atoms with Crippen LogP contribution >= 0.6 is 0 Å². The molecule has 0 aliphatic carbocycles. The number of amides is 1. The van der Waals surface area contributed by atoms with Crippen LogP contribution in [0.2, 0.25) is 0 Å². The predicted molar refractivity (Wildman–Crippen MR) is 97.0 cm³/mol. The van der Waals surface area contributed by atoms with Gasteiger partial charge >= 0.3 is 0 Å². The topological polar surface area (TPSA) is 88.8 Å². The van der Waals surface area contributed by atoms with Gasteiger partial charge in [0.1, 0.15) is 12.7 Å². The molecule has 8 nitrogen and oxygen atoms in total. The van der Waals surface area contributed by atoms with Crippen LogP contribution in [-0.2, 0) is 4.79 Å². The van der Waals surface area contributed by atoms with E-state index < -0.39 is 0 Å². The maximum atomic E-state index is 12.8. The first kappa shape index (κ1) is 16.2. The standard InChI is InChI=1S/C18H19N7O/c26-17(14-5-3-10-24(11-14)18-20-8-4-9-21-18)23-15-6-1-2-7-16(15)25-13-19-12-22-25/h1-2,4,6-9,12-14H,3,5,10-11H2,(H,23,26). The number of nitrogens with one attached hydrogen (secondary N) is 1. The van der Waals surface area contributed by atoms with Gasteiger partial charge in [0.05, 0.1) is 17.3 Å². The fraction of sp³-hybridized carbons (Fsp3) is 0.278. The van der Waals surface area contributed by atoms with Crippen molar-refractivity contribution in [3.63, 3.8) is 0 Å². The number of piperidine rings is 1. The van der Waals surface area contributed by atoms with Crippen molar-refractivity contribution in [1.82, 2.24) is 24.7 Å². The van der Waals surface area contributed by atoms with Gasteiger partial charge in [-0.25, -0.2) is 19.6 Å². The minimum atomic E-state index is -0.114. The molecular formula is C18H19N7O. The first-order chi connectivity index (χ1) is 12.8.